The van der Waals surface area contributed by atoms with Gasteiger partial charge in [0.2, 0.25) is 10.0 Å². The number of nitrogens with zero attached hydrogens (tertiary/aromatic N) is 2. The van der Waals surface area contributed by atoms with Gasteiger partial charge >= 0.3 is 0 Å². The van der Waals surface area contributed by atoms with Crippen molar-refractivity contribution in [2.45, 2.75) is 31.1 Å². The summed E-state index contributed by atoms with van der Waals surface area (Å²) in [4.78, 5) is 23.0. The average molecular weight is 464 g/mol. The van der Waals surface area contributed by atoms with Gasteiger partial charge in [-0.05, 0) is 43.5 Å². The first-order chi connectivity index (χ1) is 15.2. The lowest BCUT2D eigenvalue weighted by molar-refractivity contribution is -0.385. The van der Waals surface area contributed by atoms with Crippen LogP contribution in [0.1, 0.15) is 24.8 Å². The fraction of sp³-hybridized carbons (Fsp3) is 0.381. The standard InChI is InChI=1S/C21H25N3O7S/c1-15-6-8-17(32(28,29)23-10-4-3-5-11-23)13-18(15)22-21(25)14-31-20-12-16(24(26)27)7-9-19(20)30-2/h6-9,12-13H,3-5,10-11,14H2,1-2H3,(H,22,25). The first kappa shape index (κ1) is 23.5. The lowest BCUT2D eigenvalue weighted by Crippen LogP contribution is -2.35. The number of carbonyl (C=O) groups is 1. The molecule has 0 aliphatic carbocycles. The average Bonchev–Trinajstić information content (AvgIpc) is 2.79. The van der Waals surface area contributed by atoms with Gasteiger partial charge in [-0.15, -0.1) is 0 Å². The summed E-state index contributed by atoms with van der Waals surface area (Å²) in [5, 5.41) is 13.6. The predicted octanol–water partition coefficient (Wildman–Crippen LogP) is 3.10. The zero-order chi connectivity index (χ0) is 23.3. The van der Waals surface area contributed by atoms with Gasteiger partial charge in [0, 0.05) is 24.8 Å². The van der Waals surface area contributed by atoms with Gasteiger partial charge < -0.3 is 14.8 Å². The molecule has 0 unspecified atom stereocenters. The van der Waals surface area contributed by atoms with E-state index in [-0.39, 0.29) is 22.1 Å². The van der Waals surface area contributed by atoms with E-state index in [1.54, 1.807) is 13.0 Å². The van der Waals surface area contributed by atoms with Crippen LogP contribution in [0.25, 0.3) is 0 Å². The number of benzene rings is 2. The Morgan fingerprint density at radius 2 is 1.84 bits per heavy atom. The maximum atomic E-state index is 12.9. The number of methoxy groups -OCH3 is 1. The molecule has 32 heavy (non-hydrogen) atoms. The normalized spacial score (nSPS) is 14.6. The number of piperidine rings is 1. The second kappa shape index (κ2) is 9.96. The first-order valence-electron chi connectivity index (χ1n) is 10.1. The zero-order valence-electron chi connectivity index (χ0n) is 17.9. The molecular weight excluding hydrogens is 438 g/mol. The molecule has 172 valence electrons. The molecule has 0 saturated carbocycles. The first-order valence-corrected chi connectivity index (χ1v) is 11.5. The van der Waals surface area contributed by atoms with Crippen molar-refractivity contribution in [2.75, 3.05) is 32.1 Å². The molecule has 3 rings (SSSR count). The number of ether oxygens (including phenoxy) is 2. The highest BCUT2D eigenvalue weighted by Gasteiger charge is 2.26. The summed E-state index contributed by atoms with van der Waals surface area (Å²) < 4.78 is 37.8. The highest BCUT2D eigenvalue weighted by Crippen LogP contribution is 2.31. The van der Waals surface area contributed by atoms with Crippen LogP contribution in [0.3, 0.4) is 0 Å². The lowest BCUT2D eigenvalue weighted by Gasteiger charge is -2.26. The smallest absolute Gasteiger partial charge is 0.273 e. The molecule has 1 fully saturated rings. The van der Waals surface area contributed by atoms with Crippen molar-refractivity contribution >= 4 is 27.3 Å². The molecule has 1 heterocycles. The van der Waals surface area contributed by atoms with Crippen LogP contribution in [-0.4, -0.2) is 50.4 Å². The summed E-state index contributed by atoms with van der Waals surface area (Å²) in [6.45, 7) is 2.27. The van der Waals surface area contributed by atoms with Crippen molar-refractivity contribution < 1.29 is 27.6 Å². The summed E-state index contributed by atoms with van der Waals surface area (Å²) in [5.74, 6) is -0.251. The van der Waals surface area contributed by atoms with Crippen LogP contribution in [-0.2, 0) is 14.8 Å². The van der Waals surface area contributed by atoms with Crippen molar-refractivity contribution in [3.63, 3.8) is 0 Å². The highest BCUT2D eigenvalue weighted by molar-refractivity contribution is 7.89. The third-order valence-electron chi connectivity index (χ3n) is 5.15. The van der Waals surface area contributed by atoms with Gasteiger partial charge in [0.15, 0.2) is 18.1 Å². The van der Waals surface area contributed by atoms with Gasteiger partial charge in [-0.2, -0.15) is 4.31 Å². The Bertz CT molecular complexity index is 1110. The quantitative estimate of drug-likeness (QED) is 0.470. The fourth-order valence-corrected chi connectivity index (χ4v) is 4.92. The van der Waals surface area contributed by atoms with Crippen LogP contribution in [0.15, 0.2) is 41.3 Å². The van der Waals surface area contributed by atoms with Crippen LogP contribution in [0.5, 0.6) is 11.5 Å². The maximum absolute atomic E-state index is 12.9. The molecule has 0 bridgehead atoms. The molecule has 2 aromatic carbocycles. The zero-order valence-corrected chi connectivity index (χ0v) is 18.7. The third-order valence-corrected chi connectivity index (χ3v) is 7.05. The number of nitrogens with one attached hydrogen (secondary N) is 1. The van der Waals surface area contributed by atoms with Gasteiger partial charge in [-0.3, -0.25) is 14.9 Å². The van der Waals surface area contributed by atoms with Crippen molar-refractivity contribution in [2.24, 2.45) is 0 Å². The van der Waals surface area contributed by atoms with Gasteiger partial charge in [0.05, 0.1) is 23.0 Å². The molecule has 1 aliphatic rings. The van der Waals surface area contributed by atoms with Crippen LogP contribution < -0.4 is 14.8 Å². The Hall–Kier alpha value is -3.18. The number of hydrogen-bond donors (Lipinski definition) is 1. The topological polar surface area (TPSA) is 128 Å². The fourth-order valence-electron chi connectivity index (χ4n) is 3.37. The van der Waals surface area contributed by atoms with E-state index in [1.165, 1.54) is 41.7 Å². The van der Waals surface area contributed by atoms with Crippen LogP contribution in [0.4, 0.5) is 11.4 Å². The second-order valence-electron chi connectivity index (χ2n) is 7.37. The van der Waals surface area contributed by atoms with E-state index in [0.717, 1.165) is 19.3 Å². The molecule has 11 heteroatoms. The van der Waals surface area contributed by atoms with Crippen molar-refractivity contribution in [3.05, 3.63) is 52.1 Å². The number of amides is 1. The Labute approximate surface area is 186 Å². The number of anilines is 1. The SMILES string of the molecule is COc1ccc([N+](=O)[O-])cc1OCC(=O)Nc1cc(S(=O)(=O)N2CCCCC2)ccc1C. The van der Waals surface area contributed by atoms with Crippen molar-refractivity contribution in [3.8, 4) is 11.5 Å². The van der Waals surface area contributed by atoms with Crippen molar-refractivity contribution in [1.29, 1.82) is 0 Å². The summed E-state index contributed by atoms with van der Waals surface area (Å²) >= 11 is 0. The molecule has 2 aromatic rings. The minimum Gasteiger partial charge on any atom is -0.493 e. The summed E-state index contributed by atoms with van der Waals surface area (Å²) in [6, 6.07) is 8.42. The molecule has 1 N–H and O–H groups in total. The van der Waals surface area contributed by atoms with E-state index < -0.39 is 27.5 Å². The number of sulfonamides is 1. The minimum atomic E-state index is -3.64. The van der Waals surface area contributed by atoms with Gasteiger partial charge in [0.1, 0.15) is 0 Å². The second-order valence-corrected chi connectivity index (χ2v) is 9.31. The summed E-state index contributed by atoms with van der Waals surface area (Å²) in [7, 11) is -2.26. The highest BCUT2D eigenvalue weighted by atomic mass is 32.2. The van der Waals surface area contributed by atoms with E-state index >= 15 is 0 Å². The Balaban J connectivity index is 1.72. The van der Waals surface area contributed by atoms with E-state index in [2.05, 4.69) is 5.32 Å². The number of nitro groups is 1. The maximum Gasteiger partial charge on any atom is 0.273 e. The molecule has 10 nitrogen and oxygen atoms in total. The van der Waals surface area contributed by atoms with Crippen LogP contribution in [0.2, 0.25) is 0 Å². The van der Waals surface area contributed by atoms with E-state index in [0.29, 0.717) is 24.3 Å². The summed E-state index contributed by atoms with van der Waals surface area (Å²) in [6.07, 6.45) is 2.66. The number of aryl methyl sites for hydroxylation is 1. The predicted molar refractivity (Wildman–Crippen MR) is 118 cm³/mol. The summed E-state index contributed by atoms with van der Waals surface area (Å²) in [5.41, 5.74) is 0.833. The number of rotatable bonds is 8. The molecule has 1 saturated heterocycles. The van der Waals surface area contributed by atoms with E-state index in [9.17, 15) is 23.3 Å². The Kier molecular flexibility index (Phi) is 7.31. The minimum absolute atomic E-state index is 0.0509. The Morgan fingerprint density at radius 1 is 1.12 bits per heavy atom. The van der Waals surface area contributed by atoms with Crippen LogP contribution in [0, 0.1) is 17.0 Å². The van der Waals surface area contributed by atoms with Gasteiger partial charge in [0.25, 0.3) is 11.6 Å². The molecule has 0 atom stereocenters. The monoisotopic (exact) mass is 463 g/mol. The molecule has 1 aliphatic heterocycles. The van der Waals surface area contributed by atoms with E-state index in [4.69, 9.17) is 9.47 Å². The third kappa shape index (κ3) is 5.35. The Morgan fingerprint density at radius 3 is 2.50 bits per heavy atom. The molecule has 0 aromatic heterocycles. The van der Waals surface area contributed by atoms with Crippen molar-refractivity contribution in [1.82, 2.24) is 4.31 Å². The van der Waals surface area contributed by atoms with Crippen LogP contribution >= 0.6 is 0 Å². The number of nitro benzene ring substituents is 1. The molecular formula is C21H25N3O7S. The largest absolute Gasteiger partial charge is 0.493 e. The number of non-ortho nitro benzene ring substituents is 1. The molecule has 0 radical (unpaired) electrons. The van der Waals surface area contributed by atoms with Gasteiger partial charge in [-0.25, -0.2) is 8.42 Å². The lowest BCUT2D eigenvalue weighted by atomic mass is 10.2. The number of hydrogen-bond acceptors (Lipinski definition) is 7. The van der Waals surface area contributed by atoms with E-state index in [1.807, 2.05) is 0 Å². The van der Waals surface area contributed by atoms with Gasteiger partial charge in [-0.1, -0.05) is 12.5 Å². The number of carbonyl (C=O) groups excluding carboxylic acids is 1. The molecule has 1 amide bonds. The molecule has 0 spiro atoms.